The number of hydrogen-bond acceptors (Lipinski definition) is 4. The van der Waals surface area contributed by atoms with Gasteiger partial charge in [0, 0.05) is 25.2 Å². The fourth-order valence-corrected chi connectivity index (χ4v) is 3.61. The van der Waals surface area contributed by atoms with Gasteiger partial charge >= 0.3 is 0 Å². The highest BCUT2D eigenvalue weighted by molar-refractivity contribution is 5.94. The molecule has 2 aromatic heterocycles. The summed E-state index contributed by atoms with van der Waals surface area (Å²) in [4.78, 5) is 31.8. The molecule has 7 heteroatoms. The molecule has 0 saturated heterocycles. The molecule has 2 aromatic carbocycles. The lowest BCUT2D eigenvalue weighted by atomic mass is 10.2. The Morgan fingerprint density at radius 3 is 2.55 bits per heavy atom. The maximum absolute atomic E-state index is 13.2. The Balaban J connectivity index is 1.53. The molecule has 0 radical (unpaired) electrons. The van der Waals surface area contributed by atoms with E-state index in [-0.39, 0.29) is 24.1 Å². The first-order chi connectivity index (χ1) is 15.2. The van der Waals surface area contributed by atoms with E-state index in [2.05, 4.69) is 5.32 Å². The Hall–Kier alpha value is -3.87. The summed E-state index contributed by atoms with van der Waals surface area (Å²) in [6.07, 6.45) is 1.96. The third-order valence-corrected chi connectivity index (χ3v) is 5.09. The molecule has 0 bridgehead atoms. The van der Waals surface area contributed by atoms with Crippen LogP contribution < -0.4 is 10.2 Å². The number of benzene rings is 2. The zero-order valence-corrected chi connectivity index (χ0v) is 17.3. The number of carbonyl (C=O) groups excluding carboxylic acids is 2. The number of rotatable bonds is 8. The molecule has 0 aliphatic rings. The predicted octanol–water partition coefficient (Wildman–Crippen LogP) is 3.65. The van der Waals surface area contributed by atoms with Crippen LogP contribution in [0.25, 0.3) is 11.0 Å². The Kier molecular flexibility index (Phi) is 6.12. The molecule has 2 amide bonds. The van der Waals surface area contributed by atoms with Crippen LogP contribution in [0, 0.1) is 0 Å². The summed E-state index contributed by atoms with van der Waals surface area (Å²) in [7, 11) is 0. The maximum Gasteiger partial charge on any atom is 0.286 e. The van der Waals surface area contributed by atoms with E-state index in [1.807, 2.05) is 66.1 Å². The minimum Gasteiger partial charge on any atom is -0.459 e. The molecule has 2 heterocycles. The van der Waals surface area contributed by atoms with Crippen LogP contribution in [-0.2, 0) is 17.8 Å². The standard InChI is InChI=1S/C24H24N4O3/c1-2-27(18-9-4-3-5-10-18)23(29)17-28-20-12-7-6-11-19(20)26-22(28)14-15-25-24(30)21-13-8-16-31-21/h3-13,16H,2,14-15,17H2,1H3,(H,25,30). The van der Waals surface area contributed by atoms with Crippen LogP contribution >= 0.6 is 0 Å². The Morgan fingerprint density at radius 2 is 1.81 bits per heavy atom. The van der Waals surface area contributed by atoms with Crippen molar-refractivity contribution in [1.29, 1.82) is 0 Å². The fraction of sp³-hybridized carbons (Fsp3) is 0.208. The van der Waals surface area contributed by atoms with Gasteiger partial charge in [0.25, 0.3) is 5.91 Å². The van der Waals surface area contributed by atoms with Gasteiger partial charge in [0.05, 0.1) is 17.3 Å². The lowest BCUT2D eigenvalue weighted by Gasteiger charge is -2.22. The lowest BCUT2D eigenvalue weighted by molar-refractivity contribution is -0.119. The third-order valence-electron chi connectivity index (χ3n) is 5.09. The Labute approximate surface area is 180 Å². The van der Waals surface area contributed by atoms with E-state index < -0.39 is 0 Å². The molecule has 4 rings (SSSR count). The van der Waals surface area contributed by atoms with Crippen molar-refractivity contribution in [2.75, 3.05) is 18.0 Å². The molecule has 0 saturated carbocycles. The summed E-state index contributed by atoms with van der Waals surface area (Å²) in [6, 6.07) is 20.7. The Bertz CT molecular complexity index is 1170. The summed E-state index contributed by atoms with van der Waals surface area (Å²) in [6.45, 7) is 3.09. The van der Waals surface area contributed by atoms with Gasteiger partial charge in [-0.2, -0.15) is 0 Å². The molecule has 0 fully saturated rings. The van der Waals surface area contributed by atoms with Crippen LogP contribution in [0.4, 0.5) is 5.69 Å². The molecular weight excluding hydrogens is 392 g/mol. The van der Waals surface area contributed by atoms with Crippen LogP contribution in [-0.4, -0.2) is 34.5 Å². The van der Waals surface area contributed by atoms with Crippen molar-refractivity contribution in [3.63, 3.8) is 0 Å². The van der Waals surface area contributed by atoms with Crippen LogP contribution in [0.5, 0.6) is 0 Å². The summed E-state index contributed by atoms with van der Waals surface area (Å²) in [5.74, 6) is 0.728. The number of likely N-dealkylation sites (N-methyl/N-ethyl adjacent to an activating group) is 1. The van der Waals surface area contributed by atoms with Crippen molar-refractivity contribution in [1.82, 2.24) is 14.9 Å². The number of furan rings is 1. The largest absolute Gasteiger partial charge is 0.459 e. The quantitative estimate of drug-likeness (QED) is 0.475. The van der Waals surface area contributed by atoms with Gasteiger partial charge in [0.15, 0.2) is 5.76 Å². The smallest absolute Gasteiger partial charge is 0.286 e. The SMILES string of the molecule is CCN(C(=O)Cn1c(CCNC(=O)c2ccco2)nc2ccccc21)c1ccccc1. The van der Waals surface area contributed by atoms with Crippen molar-refractivity contribution in [3.8, 4) is 0 Å². The monoisotopic (exact) mass is 416 g/mol. The summed E-state index contributed by atoms with van der Waals surface area (Å²) >= 11 is 0. The summed E-state index contributed by atoms with van der Waals surface area (Å²) in [5.41, 5.74) is 2.59. The second-order valence-corrected chi connectivity index (χ2v) is 7.06. The third kappa shape index (κ3) is 4.50. The molecular formula is C24H24N4O3. The molecule has 158 valence electrons. The first-order valence-corrected chi connectivity index (χ1v) is 10.3. The van der Waals surface area contributed by atoms with Crippen molar-refractivity contribution < 1.29 is 14.0 Å². The van der Waals surface area contributed by atoms with Crippen molar-refractivity contribution in [2.45, 2.75) is 19.9 Å². The molecule has 0 spiro atoms. The van der Waals surface area contributed by atoms with Crippen LogP contribution in [0.15, 0.2) is 77.4 Å². The number of hydrogen-bond donors (Lipinski definition) is 1. The number of nitrogens with one attached hydrogen (secondary N) is 1. The van der Waals surface area contributed by atoms with Crippen LogP contribution in [0.1, 0.15) is 23.3 Å². The van der Waals surface area contributed by atoms with Crippen molar-refractivity contribution in [3.05, 3.63) is 84.6 Å². The first-order valence-electron chi connectivity index (χ1n) is 10.3. The van der Waals surface area contributed by atoms with E-state index in [1.165, 1.54) is 6.26 Å². The highest BCUT2D eigenvalue weighted by Crippen LogP contribution is 2.19. The number of fused-ring (bicyclic) bond motifs is 1. The minimum atomic E-state index is -0.273. The number of aromatic nitrogens is 2. The second-order valence-electron chi connectivity index (χ2n) is 7.06. The van der Waals surface area contributed by atoms with E-state index in [1.54, 1.807) is 17.0 Å². The van der Waals surface area contributed by atoms with E-state index in [0.717, 1.165) is 22.5 Å². The normalized spacial score (nSPS) is 10.9. The first kappa shape index (κ1) is 20.4. The van der Waals surface area contributed by atoms with Gasteiger partial charge < -0.3 is 19.2 Å². The molecule has 0 aliphatic heterocycles. The topological polar surface area (TPSA) is 80.4 Å². The lowest BCUT2D eigenvalue weighted by Crippen LogP contribution is -2.34. The van der Waals surface area contributed by atoms with Crippen molar-refractivity contribution in [2.24, 2.45) is 0 Å². The van der Waals surface area contributed by atoms with E-state index >= 15 is 0 Å². The van der Waals surface area contributed by atoms with Gasteiger partial charge in [0.2, 0.25) is 5.91 Å². The predicted molar refractivity (Wildman–Crippen MR) is 119 cm³/mol. The molecule has 1 N–H and O–H groups in total. The minimum absolute atomic E-state index is 0.0160. The summed E-state index contributed by atoms with van der Waals surface area (Å²) < 4.78 is 7.05. The van der Waals surface area contributed by atoms with Gasteiger partial charge in [-0.3, -0.25) is 9.59 Å². The number of anilines is 1. The van der Waals surface area contributed by atoms with Crippen LogP contribution in [0.3, 0.4) is 0 Å². The molecule has 7 nitrogen and oxygen atoms in total. The number of carbonyl (C=O) groups is 2. The second kappa shape index (κ2) is 9.30. The van der Waals surface area contributed by atoms with E-state index in [9.17, 15) is 9.59 Å². The van der Waals surface area contributed by atoms with Gasteiger partial charge in [0.1, 0.15) is 12.4 Å². The summed E-state index contributed by atoms with van der Waals surface area (Å²) in [5, 5.41) is 2.84. The highest BCUT2D eigenvalue weighted by atomic mass is 16.3. The molecule has 0 atom stereocenters. The average molecular weight is 416 g/mol. The highest BCUT2D eigenvalue weighted by Gasteiger charge is 2.19. The van der Waals surface area contributed by atoms with E-state index in [0.29, 0.717) is 19.5 Å². The van der Waals surface area contributed by atoms with Crippen molar-refractivity contribution >= 4 is 28.5 Å². The zero-order chi connectivity index (χ0) is 21.6. The van der Waals surface area contributed by atoms with Gasteiger partial charge in [-0.05, 0) is 43.3 Å². The fourth-order valence-electron chi connectivity index (χ4n) is 3.61. The zero-order valence-electron chi connectivity index (χ0n) is 17.3. The number of imidazole rings is 1. The molecule has 4 aromatic rings. The number of para-hydroxylation sites is 3. The van der Waals surface area contributed by atoms with Gasteiger partial charge in [-0.15, -0.1) is 0 Å². The van der Waals surface area contributed by atoms with E-state index in [4.69, 9.17) is 9.40 Å². The molecule has 0 unspecified atom stereocenters. The van der Waals surface area contributed by atoms with Gasteiger partial charge in [-0.25, -0.2) is 4.98 Å². The van der Waals surface area contributed by atoms with Crippen LogP contribution in [0.2, 0.25) is 0 Å². The van der Waals surface area contributed by atoms with Gasteiger partial charge in [-0.1, -0.05) is 30.3 Å². The number of amides is 2. The number of nitrogens with zero attached hydrogens (tertiary/aromatic N) is 3. The molecule has 31 heavy (non-hydrogen) atoms. The maximum atomic E-state index is 13.2. The average Bonchev–Trinajstić information content (AvgIpc) is 3.44. The molecule has 0 aliphatic carbocycles. The Morgan fingerprint density at radius 1 is 1.03 bits per heavy atom.